The predicted octanol–water partition coefficient (Wildman–Crippen LogP) is 1.41. The number of hydrazone groups is 1. The summed E-state index contributed by atoms with van der Waals surface area (Å²) in [7, 11) is 0. The first-order valence-electron chi connectivity index (χ1n) is 5.98. The Hall–Kier alpha value is -1.92. The minimum atomic E-state index is -0.870. The van der Waals surface area contributed by atoms with Gasteiger partial charge in [0.05, 0.1) is 6.61 Å². The third kappa shape index (κ3) is 7.17. The third-order valence-corrected chi connectivity index (χ3v) is 1.71. The molecule has 0 spiro atoms. The van der Waals surface area contributed by atoms with Gasteiger partial charge in [-0.2, -0.15) is 5.10 Å². The minimum Gasteiger partial charge on any atom is -0.461 e. The topological polar surface area (TPSA) is 94.1 Å². The van der Waals surface area contributed by atoms with E-state index in [-0.39, 0.29) is 13.0 Å². The highest BCUT2D eigenvalue weighted by Gasteiger charge is 2.22. The van der Waals surface area contributed by atoms with E-state index in [1.807, 2.05) is 5.43 Å². The quantitative estimate of drug-likeness (QED) is 0.353. The van der Waals surface area contributed by atoms with Crippen LogP contribution in [0, 0.1) is 0 Å². The van der Waals surface area contributed by atoms with E-state index in [9.17, 15) is 14.4 Å². The number of amides is 1. The van der Waals surface area contributed by atoms with E-state index in [2.05, 4.69) is 9.84 Å². The number of carbonyl (C=O) groups is 3. The van der Waals surface area contributed by atoms with E-state index in [0.717, 1.165) is 0 Å². The monoisotopic (exact) mass is 272 g/mol. The summed E-state index contributed by atoms with van der Waals surface area (Å²) in [5.74, 6) is -1.39. The minimum absolute atomic E-state index is 0.0770. The highest BCUT2D eigenvalue weighted by molar-refractivity contribution is 6.64. The lowest BCUT2D eigenvalue weighted by molar-refractivity contribution is -0.135. The van der Waals surface area contributed by atoms with Gasteiger partial charge in [0, 0.05) is 6.42 Å². The first-order valence-corrected chi connectivity index (χ1v) is 5.98. The van der Waals surface area contributed by atoms with Gasteiger partial charge in [0.1, 0.15) is 5.60 Å². The van der Waals surface area contributed by atoms with Gasteiger partial charge in [0.15, 0.2) is 5.78 Å². The second kappa shape index (κ2) is 7.50. The number of nitrogens with zero attached hydrogens (tertiary/aromatic N) is 1. The molecule has 0 heterocycles. The SMILES string of the molecule is CCOC(=O)C(=NNC(=O)OC(C)(C)C)C(=O)CC. The molecule has 7 nitrogen and oxygen atoms in total. The largest absolute Gasteiger partial charge is 0.461 e. The summed E-state index contributed by atoms with van der Waals surface area (Å²) in [4.78, 5) is 34.3. The molecule has 0 aromatic rings. The molecule has 0 unspecified atom stereocenters. The molecule has 0 aliphatic rings. The molecule has 0 saturated heterocycles. The fourth-order valence-electron chi connectivity index (χ4n) is 0.991. The summed E-state index contributed by atoms with van der Waals surface area (Å²) in [6.07, 6.45) is -0.772. The van der Waals surface area contributed by atoms with Crippen molar-refractivity contribution >= 4 is 23.6 Å². The average molecular weight is 272 g/mol. The Morgan fingerprint density at radius 3 is 2.16 bits per heavy atom. The number of hydrogen-bond donors (Lipinski definition) is 1. The van der Waals surface area contributed by atoms with E-state index < -0.39 is 29.2 Å². The van der Waals surface area contributed by atoms with Crippen LogP contribution < -0.4 is 5.43 Å². The molecule has 7 heteroatoms. The van der Waals surface area contributed by atoms with E-state index in [1.165, 1.54) is 0 Å². The van der Waals surface area contributed by atoms with Gasteiger partial charge < -0.3 is 9.47 Å². The molecule has 0 rings (SSSR count). The normalized spacial score (nSPS) is 11.7. The Labute approximate surface area is 112 Å². The summed E-state index contributed by atoms with van der Waals surface area (Å²) in [6, 6.07) is 0. The standard InChI is InChI=1S/C12H20N2O5/c1-6-8(15)9(10(16)18-7-2)13-14-11(17)19-12(3,4)5/h6-7H2,1-5H3,(H,14,17). The smallest absolute Gasteiger partial charge is 0.428 e. The molecular formula is C12H20N2O5. The molecule has 0 aliphatic carbocycles. The lowest BCUT2D eigenvalue weighted by atomic mass is 10.2. The van der Waals surface area contributed by atoms with Gasteiger partial charge in [-0.3, -0.25) is 4.79 Å². The Bertz CT molecular complexity index is 382. The number of ether oxygens (including phenoxy) is 2. The molecule has 0 saturated carbocycles. The van der Waals surface area contributed by atoms with Gasteiger partial charge in [-0.1, -0.05) is 6.92 Å². The average Bonchev–Trinajstić information content (AvgIpc) is 2.26. The van der Waals surface area contributed by atoms with Crippen LogP contribution in [0.1, 0.15) is 41.0 Å². The summed E-state index contributed by atoms with van der Waals surface area (Å²) < 4.78 is 9.60. The Morgan fingerprint density at radius 1 is 1.16 bits per heavy atom. The number of ketones is 1. The van der Waals surface area contributed by atoms with Crippen molar-refractivity contribution in [3.8, 4) is 0 Å². The summed E-state index contributed by atoms with van der Waals surface area (Å²) >= 11 is 0. The van der Waals surface area contributed by atoms with Crippen molar-refractivity contribution in [2.24, 2.45) is 5.10 Å². The summed E-state index contributed by atoms with van der Waals surface area (Å²) in [5.41, 5.74) is 0.854. The van der Waals surface area contributed by atoms with Crippen molar-refractivity contribution in [3.05, 3.63) is 0 Å². The molecule has 108 valence electrons. The molecule has 0 aliphatic heterocycles. The second-order valence-corrected chi connectivity index (χ2v) is 4.57. The fourth-order valence-corrected chi connectivity index (χ4v) is 0.991. The third-order valence-electron chi connectivity index (χ3n) is 1.71. The van der Waals surface area contributed by atoms with Gasteiger partial charge in [-0.15, -0.1) is 0 Å². The lowest BCUT2D eigenvalue weighted by Crippen LogP contribution is -2.33. The summed E-state index contributed by atoms with van der Waals surface area (Å²) in [5, 5.41) is 3.47. The van der Waals surface area contributed by atoms with Crippen LogP contribution in [0.15, 0.2) is 5.10 Å². The lowest BCUT2D eigenvalue weighted by Gasteiger charge is -2.18. The number of Topliss-reactive ketones (excluding diaryl/α,β-unsaturated/α-hetero) is 1. The number of hydrogen-bond acceptors (Lipinski definition) is 6. The molecule has 0 aromatic carbocycles. The molecule has 1 amide bonds. The van der Waals surface area contributed by atoms with E-state index in [0.29, 0.717) is 0 Å². The van der Waals surface area contributed by atoms with Crippen LogP contribution in [0.4, 0.5) is 4.79 Å². The van der Waals surface area contributed by atoms with Crippen LogP contribution in [0.3, 0.4) is 0 Å². The van der Waals surface area contributed by atoms with Gasteiger partial charge in [0.25, 0.3) is 0 Å². The van der Waals surface area contributed by atoms with Gasteiger partial charge in [0.2, 0.25) is 5.71 Å². The first-order chi connectivity index (χ1) is 8.71. The molecule has 0 bridgehead atoms. The van der Waals surface area contributed by atoms with E-state index in [1.54, 1.807) is 34.6 Å². The van der Waals surface area contributed by atoms with Crippen molar-refractivity contribution in [3.63, 3.8) is 0 Å². The van der Waals surface area contributed by atoms with E-state index >= 15 is 0 Å². The molecule has 1 N–H and O–H groups in total. The van der Waals surface area contributed by atoms with Gasteiger partial charge in [-0.25, -0.2) is 15.0 Å². The second-order valence-electron chi connectivity index (χ2n) is 4.57. The molecule has 0 aromatic heterocycles. The highest BCUT2D eigenvalue weighted by atomic mass is 16.6. The Kier molecular flexibility index (Phi) is 6.74. The maximum Gasteiger partial charge on any atom is 0.428 e. The van der Waals surface area contributed by atoms with Crippen molar-refractivity contribution in [2.45, 2.75) is 46.6 Å². The highest BCUT2D eigenvalue weighted by Crippen LogP contribution is 2.06. The van der Waals surface area contributed by atoms with Gasteiger partial charge >= 0.3 is 12.1 Å². The summed E-state index contributed by atoms with van der Waals surface area (Å²) in [6.45, 7) is 8.33. The zero-order valence-corrected chi connectivity index (χ0v) is 11.9. The molecule has 0 fully saturated rings. The van der Waals surface area contributed by atoms with Crippen molar-refractivity contribution < 1.29 is 23.9 Å². The number of rotatable bonds is 5. The van der Waals surface area contributed by atoms with Crippen molar-refractivity contribution in [1.29, 1.82) is 0 Å². The van der Waals surface area contributed by atoms with Crippen LogP contribution in [0.25, 0.3) is 0 Å². The Balaban J connectivity index is 4.79. The van der Waals surface area contributed by atoms with Crippen molar-refractivity contribution in [1.82, 2.24) is 5.43 Å². The number of carbonyl (C=O) groups excluding carboxylic acids is 3. The molecular weight excluding hydrogens is 252 g/mol. The zero-order valence-electron chi connectivity index (χ0n) is 11.9. The van der Waals surface area contributed by atoms with Crippen LogP contribution in [-0.4, -0.2) is 35.8 Å². The van der Waals surface area contributed by atoms with Crippen LogP contribution >= 0.6 is 0 Å². The van der Waals surface area contributed by atoms with Crippen LogP contribution in [-0.2, 0) is 19.1 Å². The Morgan fingerprint density at radius 2 is 1.74 bits per heavy atom. The van der Waals surface area contributed by atoms with E-state index in [4.69, 9.17) is 4.74 Å². The molecule has 0 radical (unpaired) electrons. The first kappa shape index (κ1) is 17.1. The number of nitrogens with one attached hydrogen (secondary N) is 1. The van der Waals surface area contributed by atoms with Crippen LogP contribution in [0.5, 0.6) is 0 Å². The maximum absolute atomic E-state index is 11.5. The van der Waals surface area contributed by atoms with Gasteiger partial charge in [-0.05, 0) is 27.7 Å². The fraction of sp³-hybridized carbons (Fsp3) is 0.667. The zero-order chi connectivity index (χ0) is 15.1. The van der Waals surface area contributed by atoms with Crippen LogP contribution in [0.2, 0.25) is 0 Å². The maximum atomic E-state index is 11.5. The number of esters is 1. The molecule has 19 heavy (non-hydrogen) atoms. The predicted molar refractivity (Wildman–Crippen MR) is 68.7 cm³/mol. The van der Waals surface area contributed by atoms with Crippen molar-refractivity contribution in [2.75, 3.05) is 6.61 Å². The molecule has 0 atom stereocenters.